The van der Waals surface area contributed by atoms with Gasteiger partial charge in [-0.3, -0.25) is 0 Å². The van der Waals surface area contributed by atoms with Gasteiger partial charge in [-0.25, -0.2) is 0 Å². The number of unbranched alkanes of at least 4 members (excludes halogenated alkanes) is 5. The Labute approximate surface area is 175 Å². The fourth-order valence-corrected chi connectivity index (χ4v) is 8.99. The molecule has 0 saturated heterocycles. The van der Waals surface area contributed by atoms with Crippen LogP contribution in [0.25, 0.3) is 0 Å². The summed E-state index contributed by atoms with van der Waals surface area (Å²) in [5, 5.41) is 10.2. The van der Waals surface area contributed by atoms with Crippen molar-refractivity contribution in [2.45, 2.75) is 130 Å². The standard InChI is InChI=1S/C27H48O/c1-4-5-6-7-8-9-10-20-12-14-24-23-13-11-21-19-22(28)15-17-27(21,3)25(23)16-18-26(20,24)2/h20-25,28H,4-19H2,1-3H3/t20-,21-,22-,23?,24?,25?,26+,27-/m0/s1. The number of hydrogen-bond acceptors (Lipinski definition) is 1. The summed E-state index contributed by atoms with van der Waals surface area (Å²) in [6.07, 6.45) is 22.6. The van der Waals surface area contributed by atoms with Crippen molar-refractivity contribution in [3.05, 3.63) is 0 Å². The van der Waals surface area contributed by atoms with Crippen molar-refractivity contribution in [2.75, 3.05) is 0 Å². The van der Waals surface area contributed by atoms with Crippen LogP contribution in [0.5, 0.6) is 0 Å². The largest absolute Gasteiger partial charge is 0.393 e. The Bertz CT molecular complexity index is 514. The Morgan fingerprint density at radius 1 is 0.750 bits per heavy atom. The minimum absolute atomic E-state index is 0.00308. The topological polar surface area (TPSA) is 20.2 Å². The molecule has 0 heterocycles. The third kappa shape index (κ3) is 3.72. The zero-order valence-electron chi connectivity index (χ0n) is 19.2. The molecule has 0 aromatic rings. The number of rotatable bonds is 7. The lowest BCUT2D eigenvalue weighted by atomic mass is 9.44. The van der Waals surface area contributed by atoms with Crippen LogP contribution in [0.15, 0.2) is 0 Å². The van der Waals surface area contributed by atoms with E-state index in [0.717, 1.165) is 42.4 Å². The lowest BCUT2D eigenvalue weighted by Gasteiger charge is -2.61. The van der Waals surface area contributed by atoms with Gasteiger partial charge < -0.3 is 5.11 Å². The van der Waals surface area contributed by atoms with Gasteiger partial charge in [0, 0.05) is 0 Å². The Morgan fingerprint density at radius 2 is 1.46 bits per heavy atom. The molecule has 4 rings (SSSR count). The summed E-state index contributed by atoms with van der Waals surface area (Å²) in [5.41, 5.74) is 1.20. The molecule has 4 fully saturated rings. The van der Waals surface area contributed by atoms with Gasteiger partial charge in [0.05, 0.1) is 6.10 Å². The Hall–Kier alpha value is -0.0400. The Kier molecular flexibility index (Phi) is 6.51. The van der Waals surface area contributed by atoms with Crippen molar-refractivity contribution in [3.8, 4) is 0 Å². The van der Waals surface area contributed by atoms with Gasteiger partial charge >= 0.3 is 0 Å². The monoisotopic (exact) mass is 388 g/mol. The summed E-state index contributed by atoms with van der Waals surface area (Å²) >= 11 is 0. The molecule has 1 heteroatoms. The molecule has 4 aliphatic rings. The first-order valence-electron chi connectivity index (χ1n) is 13.2. The second-order valence-corrected chi connectivity index (χ2v) is 12.0. The average Bonchev–Trinajstić information content (AvgIpc) is 3.01. The van der Waals surface area contributed by atoms with Gasteiger partial charge in [0.1, 0.15) is 0 Å². The van der Waals surface area contributed by atoms with E-state index in [1.807, 2.05) is 0 Å². The lowest BCUT2D eigenvalue weighted by Crippen LogP contribution is -2.53. The first-order chi connectivity index (χ1) is 13.5. The molecule has 8 atom stereocenters. The summed E-state index contributed by atoms with van der Waals surface area (Å²) < 4.78 is 0. The first kappa shape index (κ1) is 21.2. The van der Waals surface area contributed by atoms with Crippen molar-refractivity contribution in [2.24, 2.45) is 40.4 Å². The molecule has 3 unspecified atom stereocenters. The molecule has 1 nitrogen and oxygen atoms in total. The first-order valence-corrected chi connectivity index (χ1v) is 13.2. The molecule has 4 saturated carbocycles. The van der Waals surface area contributed by atoms with E-state index in [9.17, 15) is 5.11 Å². The molecule has 0 amide bonds. The van der Waals surface area contributed by atoms with Crippen LogP contribution < -0.4 is 0 Å². The summed E-state index contributed by atoms with van der Waals surface area (Å²) in [6, 6.07) is 0. The molecular weight excluding hydrogens is 340 g/mol. The average molecular weight is 389 g/mol. The van der Waals surface area contributed by atoms with Crippen molar-refractivity contribution < 1.29 is 5.11 Å². The summed E-state index contributed by atoms with van der Waals surface area (Å²) in [5.74, 6) is 4.81. The van der Waals surface area contributed by atoms with E-state index < -0.39 is 0 Å². The van der Waals surface area contributed by atoms with Crippen LogP contribution >= 0.6 is 0 Å². The smallest absolute Gasteiger partial charge is 0.0543 e. The summed E-state index contributed by atoms with van der Waals surface area (Å²) in [4.78, 5) is 0. The van der Waals surface area contributed by atoms with Crippen LogP contribution in [0, 0.1) is 40.4 Å². The van der Waals surface area contributed by atoms with E-state index in [4.69, 9.17) is 0 Å². The minimum Gasteiger partial charge on any atom is -0.393 e. The van der Waals surface area contributed by atoms with Crippen molar-refractivity contribution in [1.29, 1.82) is 0 Å². The highest BCUT2D eigenvalue weighted by Gasteiger charge is 2.59. The van der Waals surface area contributed by atoms with Gasteiger partial charge in [-0.1, -0.05) is 59.3 Å². The molecule has 0 bridgehead atoms. The van der Waals surface area contributed by atoms with Gasteiger partial charge in [-0.15, -0.1) is 0 Å². The summed E-state index contributed by atoms with van der Waals surface area (Å²) in [7, 11) is 0. The van der Waals surface area contributed by atoms with E-state index in [1.54, 1.807) is 0 Å². The molecule has 0 aromatic heterocycles. The Morgan fingerprint density at radius 3 is 2.29 bits per heavy atom. The fourth-order valence-electron chi connectivity index (χ4n) is 8.99. The Balaban J connectivity index is 1.37. The van der Waals surface area contributed by atoms with Crippen LogP contribution in [0.2, 0.25) is 0 Å². The van der Waals surface area contributed by atoms with Gasteiger partial charge in [-0.2, -0.15) is 0 Å². The second-order valence-electron chi connectivity index (χ2n) is 12.0. The number of aliphatic hydroxyl groups excluding tert-OH is 1. The maximum Gasteiger partial charge on any atom is 0.0543 e. The van der Waals surface area contributed by atoms with E-state index in [-0.39, 0.29) is 6.10 Å². The van der Waals surface area contributed by atoms with Gasteiger partial charge in [0.15, 0.2) is 0 Å². The van der Waals surface area contributed by atoms with Gasteiger partial charge in [-0.05, 0) is 105 Å². The van der Waals surface area contributed by atoms with Crippen molar-refractivity contribution in [3.63, 3.8) is 0 Å². The molecule has 0 aliphatic heterocycles. The molecule has 0 radical (unpaired) electrons. The highest BCUT2D eigenvalue weighted by Crippen LogP contribution is 2.67. The number of fused-ring (bicyclic) bond motifs is 5. The van der Waals surface area contributed by atoms with Crippen LogP contribution in [-0.4, -0.2) is 11.2 Å². The third-order valence-corrected chi connectivity index (χ3v) is 10.7. The van der Waals surface area contributed by atoms with E-state index in [1.165, 1.54) is 89.9 Å². The normalized spacial score (nSPS) is 48.0. The SMILES string of the molecule is CCCCCCCC[C@H]1CCC2C3CC[C@H]4C[C@@H](O)CC[C@]4(C)C3CC[C@@]21C. The highest BCUT2D eigenvalue weighted by atomic mass is 16.3. The fraction of sp³-hybridized carbons (Fsp3) is 1.00. The molecule has 1 N–H and O–H groups in total. The predicted molar refractivity (Wildman–Crippen MR) is 119 cm³/mol. The van der Waals surface area contributed by atoms with E-state index in [2.05, 4.69) is 20.8 Å². The summed E-state index contributed by atoms with van der Waals surface area (Å²) in [6.45, 7) is 7.66. The minimum atomic E-state index is -0.00308. The second kappa shape index (κ2) is 8.60. The third-order valence-electron chi connectivity index (χ3n) is 10.7. The lowest BCUT2D eigenvalue weighted by molar-refractivity contribution is -0.127. The molecule has 0 aromatic carbocycles. The zero-order chi connectivity index (χ0) is 19.8. The molecule has 4 aliphatic carbocycles. The van der Waals surface area contributed by atoms with Crippen molar-refractivity contribution >= 4 is 0 Å². The highest BCUT2D eigenvalue weighted by molar-refractivity contribution is 5.09. The van der Waals surface area contributed by atoms with Gasteiger partial charge in [0.2, 0.25) is 0 Å². The maximum absolute atomic E-state index is 10.2. The van der Waals surface area contributed by atoms with Crippen LogP contribution in [0.3, 0.4) is 0 Å². The molecule has 162 valence electrons. The maximum atomic E-state index is 10.2. The number of aliphatic hydroxyl groups is 1. The van der Waals surface area contributed by atoms with E-state index in [0.29, 0.717) is 10.8 Å². The molecule has 0 spiro atoms. The number of hydrogen-bond donors (Lipinski definition) is 1. The van der Waals surface area contributed by atoms with Gasteiger partial charge in [0.25, 0.3) is 0 Å². The molecule has 28 heavy (non-hydrogen) atoms. The molecular formula is C27H48O. The van der Waals surface area contributed by atoms with Crippen LogP contribution in [0.4, 0.5) is 0 Å². The predicted octanol–water partition coefficient (Wildman–Crippen LogP) is 7.76. The zero-order valence-corrected chi connectivity index (χ0v) is 19.2. The quantitative estimate of drug-likeness (QED) is 0.442. The van der Waals surface area contributed by atoms with Crippen LogP contribution in [0.1, 0.15) is 124 Å². The van der Waals surface area contributed by atoms with E-state index >= 15 is 0 Å². The van der Waals surface area contributed by atoms with Crippen LogP contribution in [-0.2, 0) is 0 Å². The van der Waals surface area contributed by atoms with Crippen molar-refractivity contribution in [1.82, 2.24) is 0 Å².